The van der Waals surface area contributed by atoms with E-state index in [4.69, 9.17) is 10.5 Å². The van der Waals surface area contributed by atoms with Crippen molar-refractivity contribution in [3.05, 3.63) is 24.0 Å². The molecule has 0 radical (unpaired) electrons. The predicted octanol–water partition coefficient (Wildman–Crippen LogP) is 1.85. The number of hydrogen-bond donors (Lipinski definition) is 2. The molecule has 0 unspecified atom stereocenters. The summed E-state index contributed by atoms with van der Waals surface area (Å²) in [5, 5.41) is 2.57. The molecule has 0 bridgehead atoms. The molecule has 1 aromatic carbocycles. The van der Waals surface area contributed by atoms with E-state index in [0.717, 1.165) is 6.54 Å². The summed E-state index contributed by atoms with van der Waals surface area (Å²) in [4.78, 5) is 14.2. The van der Waals surface area contributed by atoms with Crippen LogP contribution in [0.25, 0.3) is 0 Å². The highest BCUT2D eigenvalue weighted by atomic mass is 19.1. The van der Waals surface area contributed by atoms with Crippen molar-refractivity contribution < 1.29 is 13.9 Å². The Morgan fingerprint density at radius 2 is 2.24 bits per heavy atom. The average Bonchev–Trinajstić information content (AvgIpc) is 3.27. The van der Waals surface area contributed by atoms with Gasteiger partial charge in [0.1, 0.15) is 5.82 Å². The summed E-state index contributed by atoms with van der Waals surface area (Å²) >= 11 is 0. The molecule has 0 atom stereocenters. The van der Waals surface area contributed by atoms with E-state index in [1.165, 1.54) is 31.0 Å². The van der Waals surface area contributed by atoms with Crippen molar-refractivity contribution in [2.75, 3.05) is 37.9 Å². The second-order valence-corrected chi connectivity index (χ2v) is 5.30. The van der Waals surface area contributed by atoms with Gasteiger partial charge < -0.3 is 15.8 Å². The maximum absolute atomic E-state index is 13.5. The summed E-state index contributed by atoms with van der Waals surface area (Å²) in [7, 11) is 1.67. The molecule has 1 amide bonds. The molecular formula is C15H22FN3O2. The minimum absolute atomic E-state index is 0.134. The Morgan fingerprint density at radius 1 is 1.48 bits per heavy atom. The first-order valence-electron chi connectivity index (χ1n) is 7.18. The number of nitrogens with two attached hydrogens (primary N) is 1. The SMILES string of the molecule is COCCN(CCC(=O)Nc1cc(N)ccc1F)C1CC1. The van der Waals surface area contributed by atoms with E-state index in [-0.39, 0.29) is 11.6 Å². The van der Waals surface area contributed by atoms with E-state index < -0.39 is 5.82 Å². The molecule has 0 heterocycles. The monoisotopic (exact) mass is 295 g/mol. The molecule has 21 heavy (non-hydrogen) atoms. The molecule has 2 rings (SSSR count). The van der Waals surface area contributed by atoms with Crippen LogP contribution in [0.5, 0.6) is 0 Å². The van der Waals surface area contributed by atoms with Crippen molar-refractivity contribution in [1.82, 2.24) is 4.90 Å². The Hall–Kier alpha value is -1.66. The summed E-state index contributed by atoms with van der Waals surface area (Å²) in [5.74, 6) is -0.682. The van der Waals surface area contributed by atoms with Gasteiger partial charge in [-0.2, -0.15) is 0 Å². The van der Waals surface area contributed by atoms with Crippen LogP contribution in [0.15, 0.2) is 18.2 Å². The highest BCUT2D eigenvalue weighted by Gasteiger charge is 2.28. The van der Waals surface area contributed by atoms with Crippen LogP contribution in [0.2, 0.25) is 0 Å². The number of nitrogens with zero attached hydrogens (tertiary/aromatic N) is 1. The molecule has 0 saturated heterocycles. The molecule has 0 aliphatic heterocycles. The fourth-order valence-electron chi connectivity index (χ4n) is 2.22. The summed E-state index contributed by atoms with van der Waals surface area (Å²) in [6.07, 6.45) is 2.68. The molecule has 6 heteroatoms. The lowest BCUT2D eigenvalue weighted by Crippen LogP contribution is -2.32. The number of nitrogen functional groups attached to an aromatic ring is 1. The van der Waals surface area contributed by atoms with Gasteiger partial charge in [-0.15, -0.1) is 0 Å². The van der Waals surface area contributed by atoms with E-state index in [2.05, 4.69) is 10.2 Å². The second kappa shape index (κ2) is 7.38. The molecule has 5 nitrogen and oxygen atoms in total. The Morgan fingerprint density at radius 3 is 2.90 bits per heavy atom. The van der Waals surface area contributed by atoms with Crippen LogP contribution in [0, 0.1) is 5.82 Å². The average molecular weight is 295 g/mol. The van der Waals surface area contributed by atoms with Gasteiger partial charge in [-0.3, -0.25) is 9.69 Å². The quantitative estimate of drug-likeness (QED) is 0.718. The zero-order valence-electron chi connectivity index (χ0n) is 12.3. The van der Waals surface area contributed by atoms with Crippen LogP contribution >= 0.6 is 0 Å². The van der Waals surface area contributed by atoms with E-state index in [0.29, 0.717) is 31.3 Å². The third-order valence-electron chi connectivity index (χ3n) is 3.54. The van der Waals surface area contributed by atoms with Gasteiger partial charge in [0, 0.05) is 38.3 Å². The first kappa shape index (κ1) is 15.7. The maximum Gasteiger partial charge on any atom is 0.225 e. The number of methoxy groups -OCH3 is 1. The molecule has 0 spiro atoms. The highest BCUT2D eigenvalue weighted by molar-refractivity contribution is 5.91. The van der Waals surface area contributed by atoms with Gasteiger partial charge in [-0.25, -0.2) is 4.39 Å². The van der Waals surface area contributed by atoms with Gasteiger partial charge in [-0.05, 0) is 31.0 Å². The third kappa shape index (κ3) is 4.99. The lowest BCUT2D eigenvalue weighted by molar-refractivity contribution is -0.116. The fraction of sp³-hybridized carbons (Fsp3) is 0.533. The van der Waals surface area contributed by atoms with Gasteiger partial charge in [0.25, 0.3) is 0 Å². The van der Waals surface area contributed by atoms with Gasteiger partial charge in [0.05, 0.1) is 12.3 Å². The molecule has 116 valence electrons. The number of halogens is 1. The van der Waals surface area contributed by atoms with Crippen molar-refractivity contribution in [2.24, 2.45) is 0 Å². The Labute approximate surface area is 124 Å². The molecule has 1 aliphatic rings. The van der Waals surface area contributed by atoms with E-state index >= 15 is 0 Å². The molecular weight excluding hydrogens is 273 g/mol. The van der Waals surface area contributed by atoms with Crippen molar-refractivity contribution in [3.8, 4) is 0 Å². The van der Waals surface area contributed by atoms with Crippen LogP contribution in [-0.4, -0.2) is 43.7 Å². The lowest BCUT2D eigenvalue weighted by atomic mass is 10.2. The largest absolute Gasteiger partial charge is 0.399 e. The van der Waals surface area contributed by atoms with Gasteiger partial charge in [-0.1, -0.05) is 0 Å². The van der Waals surface area contributed by atoms with Crippen LogP contribution in [0.3, 0.4) is 0 Å². The third-order valence-corrected chi connectivity index (χ3v) is 3.54. The summed E-state index contributed by atoms with van der Waals surface area (Å²) in [6, 6.07) is 4.71. The summed E-state index contributed by atoms with van der Waals surface area (Å²) in [5.41, 5.74) is 6.14. The molecule has 1 fully saturated rings. The zero-order valence-corrected chi connectivity index (χ0v) is 12.3. The van der Waals surface area contributed by atoms with Crippen LogP contribution in [0.4, 0.5) is 15.8 Å². The number of nitrogens with one attached hydrogen (secondary N) is 1. The van der Waals surface area contributed by atoms with Crippen LogP contribution < -0.4 is 11.1 Å². The smallest absolute Gasteiger partial charge is 0.225 e. The molecule has 1 aromatic rings. The number of rotatable bonds is 8. The number of benzene rings is 1. The minimum Gasteiger partial charge on any atom is -0.399 e. The molecule has 0 aromatic heterocycles. The molecule has 1 saturated carbocycles. The normalized spacial score (nSPS) is 14.4. The Bertz CT molecular complexity index is 492. The number of hydrogen-bond acceptors (Lipinski definition) is 4. The number of carbonyl (C=O) groups excluding carboxylic acids is 1. The van der Waals surface area contributed by atoms with Gasteiger partial charge >= 0.3 is 0 Å². The Balaban J connectivity index is 1.82. The number of carbonyl (C=O) groups is 1. The van der Waals surface area contributed by atoms with Crippen molar-refractivity contribution in [2.45, 2.75) is 25.3 Å². The van der Waals surface area contributed by atoms with Gasteiger partial charge in [0.15, 0.2) is 0 Å². The standard InChI is InChI=1S/C15H22FN3O2/c1-21-9-8-19(12-3-4-12)7-6-15(20)18-14-10-11(17)2-5-13(14)16/h2,5,10,12H,3-4,6-9,17H2,1H3,(H,18,20). The lowest BCUT2D eigenvalue weighted by Gasteiger charge is -2.21. The summed E-state index contributed by atoms with van der Waals surface area (Å²) in [6.45, 7) is 2.13. The maximum atomic E-state index is 13.5. The molecule has 1 aliphatic carbocycles. The first-order chi connectivity index (χ1) is 10.1. The fourth-order valence-corrected chi connectivity index (χ4v) is 2.22. The van der Waals surface area contributed by atoms with Crippen LogP contribution in [-0.2, 0) is 9.53 Å². The first-order valence-corrected chi connectivity index (χ1v) is 7.18. The molecule has 3 N–H and O–H groups in total. The van der Waals surface area contributed by atoms with Crippen LogP contribution in [0.1, 0.15) is 19.3 Å². The predicted molar refractivity (Wildman–Crippen MR) is 80.5 cm³/mol. The van der Waals surface area contributed by atoms with Gasteiger partial charge in [0.2, 0.25) is 5.91 Å². The number of anilines is 2. The zero-order chi connectivity index (χ0) is 15.2. The highest BCUT2D eigenvalue weighted by Crippen LogP contribution is 2.26. The number of ether oxygens (including phenoxy) is 1. The van der Waals surface area contributed by atoms with E-state index in [1.807, 2.05) is 0 Å². The van der Waals surface area contributed by atoms with Crippen molar-refractivity contribution >= 4 is 17.3 Å². The van der Waals surface area contributed by atoms with E-state index in [9.17, 15) is 9.18 Å². The topological polar surface area (TPSA) is 67.6 Å². The van der Waals surface area contributed by atoms with Crippen molar-refractivity contribution in [3.63, 3.8) is 0 Å². The summed E-state index contributed by atoms with van der Waals surface area (Å²) < 4.78 is 18.6. The van der Waals surface area contributed by atoms with Crippen molar-refractivity contribution in [1.29, 1.82) is 0 Å². The number of amides is 1. The Kier molecular flexibility index (Phi) is 5.52. The van der Waals surface area contributed by atoms with E-state index in [1.54, 1.807) is 7.11 Å². The minimum atomic E-state index is -0.476. The second-order valence-electron chi connectivity index (χ2n) is 5.30.